The lowest BCUT2D eigenvalue weighted by atomic mass is 9.91. The van der Waals surface area contributed by atoms with Crippen LogP contribution in [0, 0.1) is 0 Å². The zero-order valence-corrected chi connectivity index (χ0v) is 17.6. The summed E-state index contributed by atoms with van der Waals surface area (Å²) in [6, 6.07) is 12.9. The lowest BCUT2D eigenvalue weighted by Gasteiger charge is -2.35. The van der Waals surface area contributed by atoms with E-state index >= 15 is 0 Å². The first-order valence-electron chi connectivity index (χ1n) is 10.2. The van der Waals surface area contributed by atoms with Crippen molar-refractivity contribution < 1.29 is 34.3 Å². The molecule has 0 amide bonds. The van der Waals surface area contributed by atoms with E-state index in [2.05, 4.69) is 0 Å². The van der Waals surface area contributed by atoms with Crippen LogP contribution in [-0.4, -0.2) is 65.3 Å². The van der Waals surface area contributed by atoms with Crippen LogP contribution >= 0.6 is 11.6 Å². The van der Waals surface area contributed by atoms with E-state index in [9.17, 15) is 20.1 Å². The number of aliphatic hydroxyl groups excluding tert-OH is 3. The van der Waals surface area contributed by atoms with Gasteiger partial charge in [-0.25, -0.2) is 0 Å². The number of ether oxygens (including phenoxy) is 3. The van der Waals surface area contributed by atoms with Crippen LogP contribution < -0.4 is 4.74 Å². The third kappa shape index (κ3) is 4.92. The van der Waals surface area contributed by atoms with Gasteiger partial charge in [0, 0.05) is 11.4 Å². The van der Waals surface area contributed by atoms with Crippen LogP contribution in [0.15, 0.2) is 42.5 Å². The molecule has 3 N–H and O–H groups in total. The second-order valence-corrected chi connectivity index (χ2v) is 8.25. The van der Waals surface area contributed by atoms with Gasteiger partial charge in [0.2, 0.25) is 0 Å². The highest BCUT2D eigenvalue weighted by atomic mass is 35.5. The third-order valence-corrected chi connectivity index (χ3v) is 6.00. The van der Waals surface area contributed by atoms with Crippen LogP contribution in [0.1, 0.15) is 29.2 Å². The fourth-order valence-corrected chi connectivity index (χ4v) is 4.04. The smallest absolute Gasteiger partial charge is 0.195 e. The largest absolute Gasteiger partial charge is 0.488 e. The Labute approximate surface area is 185 Å². The van der Waals surface area contributed by atoms with Crippen molar-refractivity contribution in [2.24, 2.45) is 0 Å². The molecular formula is C23H25ClO7. The fraction of sp³-hybridized carbons (Fsp3) is 0.435. The Bertz CT molecular complexity index is 911. The predicted octanol–water partition coefficient (Wildman–Crippen LogP) is 1.82. The van der Waals surface area contributed by atoms with E-state index in [0.29, 0.717) is 23.6 Å². The number of carbonyl (C=O) groups is 1. The molecule has 4 rings (SSSR count). The summed E-state index contributed by atoms with van der Waals surface area (Å²) in [5.41, 5.74) is 2.36. The minimum atomic E-state index is -1.56. The molecule has 0 radical (unpaired) electrons. The molecular weight excluding hydrogens is 424 g/mol. The molecule has 0 bridgehead atoms. The lowest BCUT2D eigenvalue weighted by molar-refractivity contribution is -0.189. The molecule has 0 spiro atoms. The maximum absolute atomic E-state index is 12.1. The van der Waals surface area contributed by atoms with E-state index in [1.54, 1.807) is 18.2 Å². The first-order chi connectivity index (χ1) is 15.0. The summed E-state index contributed by atoms with van der Waals surface area (Å²) in [7, 11) is 0. The third-order valence-electron chi connectivity index (χ3n) is 5.63. The topological polar surface area (TPSA) is 105 Å². The number of hydrogen-bond acceptors (Lipinski definition) is 7. The Balaban J connectivity index is 1.49. The highest BCUT2D eigenvalue weighted by Crippen LogP contribution is 2.33. The van der Waals surface area contributed by atoms with Gasteiger partial charge in [0.1, 0.15) is 36.3 Å². The monoisotopic (exact) mass is 448 g/mol. The van der Waals surface area contributed by atoms with Crippen molar-refractivity contribution >= 4 is 17.4 Å². The quantitative estimate of drug-likeness (QED) is 0.619. The number of halogens is 1. The van der Waals surface area contributed by atoms with Crippen molar-refractivity contribution in [1.82, 2.24) is 0 Å². The van der Waals surface area contributed by atoms with Crippen LogP contribution in [0.25, 0.3) is 0 Å². The van der Waals surface area contributed by atoms with E-state index in [0.717, 1.165) is 29.9 Å². The number of ketones is 1. The minimum Gasteiger partial charge on any atom is -0.488 e. The standard InChI is InChI=1S/C23H25ClO7/c24-18-6-3-14(23-22(28)21(27)20(26)19(11-25)31-23)10-15(18)9-13-1-4-16(5-2-13)30-17-7-8-29-12-17/h1-6,10,17,19-20,22-23,25-26,28H,7-9,11-12H2/t17-,19+,20+,22+,23-/m0/s1. The molecule has 166 valence electrons. The molecule has 2 aromatic carbocycles. The number of aliphatic hydroxyl groups is 3. The van der Waals surface area contributed by atoms with Gasteiger partial charge in [-0.2, -0.15) is 0 Å². The number of hydrogen-bond donors (Lipinski definition) is 3. The summed E-state index contributed by atoms with van der Waals surface area (Å²) in [6.07, 6.45) is -3.66. The first-order valence-corrected chi connectivity index (χ1v) is 10.6. The maximum Gasteiger partial charge on any atom is 0.195 e. The number of benzene rings is 2. The molecule has 2 aliphatic rings. The summed E-state index contributed by atoms with van der Waals surface area (Å²) < 4.78 is 16.8. The number of rotatable bonds is 6. The van der Waals surface area contributed by atoms with Crippen LogP contribution in [0.2, 0.25) is 5.02 Å². The summed E-state index contributed by atoms with van der Waals surface area (Å²) in [4.78, 5) is 12.1. The van der Waals surface area contributed by atoms with Gasteiger partial charge in [-0.1, -0.05) is 35.9 Å². The average molecular weight is 449 g/mol. The van der Waals surface area contributed by atoms with Crippen LogP contribution in [-0.2, 0) is 20.7 Å². The number of carbonyl (C=O) groups excluding carboxylic acids is 1. The molecule has 0 unspecified atom stereocenters. The first kappa shape index (κ1) is 22.2. The van der Waals surface area contributed by atoms with Crippen LogP contribution in [0.5, 0.6) is 5.75 Å². The molecule has 2 saturated heterocycles. The summed E-state index contributed by atoms with van der Waals surface area (Å²) in [6.45, 7) is 0.800. The fourth-order valence-electron chi connectivity index (χ4n) is 3.86. The van der Waals surface area contributed by atoms with Gasteiger partial charge in [-0.3, -0.25) is 4.79 Å². The van der Waals surface area contributed by atoms with Gasteiger partial charge in [0.25, 0.3) is 0 Å². The highest BCUT2D eigenvalue weighted by molar-refractivity contribution is 6.31. The average Bonchev–Trinajstić information content (AvgIpc) is 3.28. The second kappa shape index (κ2) is 9.65. The van der Waals surface area contributed by atoms with Crippen molar-refractivity contribution in [3.8, 4) is 5.75 Å². The van der Waals surface area contributed by atoms with E-state index in [1.165, 1.54) is 0 Å². The molecule has 0 aromatic heterocycles. The van der Waals surface area contributed by atoms with E-state index in [4.69, 9.17) is 25.8 Å². The van der Waals surface area contributed by atoms with E-state index in [1.807, 2.05) is 24.3 Å². The normalized spacial score (nSPS) is 28.6. The van der Waals surface area contributed by atoms with Gasteiger partial charge < -0.3 is 29.5 Å². The number of Topliss-reactive ketones (excluding diaryl/α,β-unsaturated/α-hetero) is 1. The van der Waals surface area contributed by atoms with Crippen molar-refractivity contribution in [1.29, 1.82) is 0 Å². The van der Waals surface area contributed by atoms with E-state index in [-0.39, 0.29) is 6.10 Å². The molecule has 2 heterocycles. The highest BCUT2D eigenvalue weighted by Gasteiger charge is 2.43. The Morgan fingerprint density at radius 1 is 1.10 bits per heavy atom. The SMILES string of the molecule is O=C1[C@@H](O)[C@H](c2ccc(Cl)c(Cc3ccc(O[C@H]4CCOC4)cc3)c2)O[C@H](CO)[C@H]1O. The van der Waals surface area contributed by atoms with Gasteiger partial charge in [0.05, 0.1) is 19.8 Å². The van der Waals surface area contributed by atoms with Crippen molar-refractivity contribution in [3.05, 3.63) is 64.2 Å². The Hall–Kier alpha value is -2.00. The zero-order chi connectivity index (χ0) is 22.0. The zero-order valence-electron chi connectivity index (χ0n) is 16.8. The molecule has 0 aliphatic carbocycles. The molecule has 8 heteroatoms. The van der Waals surface area contributed by atoms with Gasteiger partial charge >= 0.3 is 0 Å². The van der Waals surface area contributed by atoms with Crippen molar-refractivity contribution in [2.45, 2.75) is 43.4 Å². The molecule has 2 aliphatic heterocycles. The molecule has 0 saturated carbocycles. The molecule has 31 heavy (non-hydrogen) atoms. The van der Waals surface area contributed by atoms with Gasteiger partial charge in [-0.05, 0) is 41.3 Å². The Kier molecular flexibility index (Phi) is 6.91. The predicted molar refractivity (Wildman–Crippen MR) is 112 cm³/mol. The second-order valence-electron chi connectivity index (χ2n) is 7.84. The summed E-state index contributed by atoms with van der Waals surface area (Å²) in [5, 5.41) is 30.1. The van der Waals surface area contributed by atoms with Crippen LogP contribution in [0.3, 0.4) is 0 Å². The Morgan fingerprint density at radius 2 is 1.87 bits per heavy atom. The summed E-state index contributed by atoms with van der Waals surface area (Å²) in [5.74, 6) is 0.0139. The molecule has 2 aromatic rings. The van der Waals surface area contributed by atoms with Gasteiger partial charge in [0.15, 0.2) is 5.78 Å². The summed E-state index contributed by atoms with van der Waals surface area (Å²) >= 11 is 6.39. The molecule has 2 fully saturated rings. The van der Waals surface area contributed by atoms with E-state index < -0.39 is 36.8 Å². The molecule has 5 atom stereocenters. The lowest BCUT2D eigenvalue weighted by Crippen LogP contribution is -2.52. The Morgan fingerprint density at radius 3 is 2.55 bits per heavy atom. The minimum absolute atomic E-state index is 0.0860. The van der Waals surface area contributed by atoms with Gasteiger partial charge in [-0.15, -0.1) is 0 Å². The van der Waals surface area contributed by atoms with Crippen molar-refractivity contribution in [3.63, 3.8) is 0 Å². The maximum atomic E-state index is 12.1. The molecule has 7 nitrogen and oxygen atoms in total. The van der Waals surface area contributed by atoms with Crippen LogP contribution in [0.4, 0.5) is 0 Å². The van der Waals surface area contributed by atoms with Crippen molar-refractivity contribution in [2.75, 3.05) is 19.8 Å².